The van der Waals surface area contributed by atoms with Gasteiger partial charge in [-0.3, -0.25) is 4.79 Å². The highest BCUT2D eigenvalue weighted by molar-refractivity contribution is 7.09. The number of nitrogens with zero attached hydrogens (tertiary/aromatic N) is 3. The molecule has 2 unspecified atom stereocenters. The van der Waals surface area contributed by atoms with Gasteiger partial charge in [-0.05, 0) is 38.4 Å². The van der Waals surface area contributed by atoms with Crippen molar-refractivity contribution in [1.29, 1.82) is 0 Å². The van der Waals surface area contributed by atoms with Gasteiger partial charge in [-0.2, -0.15) is 4.37 Å². The lowest BCUT2D eigenvalue weighted by molar-refractivity contribution is -0.00546. The van der Waals surface area contributed by atoms with Crippen molar-refractivity contribution in [2.45, 2.75) is 33.0 Å². The number of aryl methyl sites for hydroxylation is 1. The lowest BCUT2D eigenvalue weighted by Crippen LogP contribution is -2.46. The van der Waals surface area contributed by atoms with Gasteiger partial charge in [0.05, 0.1) is 23.5 Å². The number of ether oxygens (including phenoxy) is 1. The zero-order valence-electron chi connectivity index (χ0n) is 13.5. The van der Waals surface area contributed by atoms with Crippen LogP contribution in [0, 0.1) is 18.6 Å². The number of morpholine rings is 1. The van der Waals surface area contributed by atoms with E-state index in [1.165, 1.54) is 6.07 Å². The van der Waals surface area contributed by atoms with Crippen LogP contribution < -0.4 is 4.90 Å². The van der Waals surface area contributed by atoms with Crippen LogP contribution >= 0.6 is 11.5 Å². The normalized spacial score (nSPS) is 21.1. The second-order valence-corrected chi connectivity index (χ2v) is 6.67. The molecule has 1 fully saturated rings. The Morgan fingerprint density at radius 3 is 2.50 bits per heavy atom. The van der Waals surface area contributed by atoms with Gasteiger partial charge in [0.1, 0.15) is 10.8 Å². The molecule has 0 amide bonds. The van der Waals surface area contributed by atoms with E-state index in [0.717, 1.165) is 11.5 Å². The molecule has 5 nitrogen and oxygen atoms in total. The molecule has 2 atom stereocenters. The van der Waals surface area contributed by atoms with Crippen LogP contribution in [0.5, 0.6) is 0 Å². The predicted octanol–water partition coefficient (Wildman–Crippen LogP) is 3.22. The van der Waals surface area contributed by atoms with Gasteiger partial charge < -0.3 is 9.64 Å². The molecular weight excluding hydrogens is 336 g/mol. The minimum atomic E-state index is -1.04. The van der Waals surface area contributed by atoms with Gasteiger partial charge in [0.2, 0.25) is 0 Å². The third-order valence-corrected chi connectivity index (χ3v) is 4.67. The maximum absolute atomic E-state index is 14.8. The molecule has 1 aromatic carbocycles. The second-order valence-electron chi connectivity index (χ2n) is 5.92. The molecule has 0 spiro atoms. The van der Waals surface area contributed by atoms with E-state index in [2.05, 4.69) is 9.36 Å². The van der Waals surface area contributed by atoms with Crippen LogP contribution in [0.4, 0.5) is 14.5 Å². The first-order chi connectivity index (χ1) is 11.4. The minimum Gasteiger partial charge on any atom is -0.372 e. The van der Waals surface area contributed by atoms with E-state index >= 15 is 0 Å². The van der Waals surface area contributed by atoms with E-state index in [1.54, 1.807) is 11.8 Å². The van der Waals surface area contributed by atoms with Crippen LogP contribution in [0.2, 0.25) is 0 Å². The van der Waals surface area contributed by atoms with E-state index in [-0.39, 0.29) is 34.0 Å². The smallest absolute Gasteiger partial charge is 0.183 e. The number of rotatable bonds is 3. The first-order valence-corrected chi connectivity index (χ1v) is 8.36. The predicted molar refractivity (Wildman–Crippen MR) is 87.6 cm³/mol. The number of aromatic nitrogens is 2. The highest BCUT2D eigenvalue weighted by atomic mass is 32.1. The van der Waals surface area contributed by atoms with E-state index in [9.17, 15) is 13.6 Å². The number of carbonyl (C=O) groups is 1. The summed E-state index contributed by atoms with van der Waals surface area (Å²) in [4.78, 5) is 17.2. The second kappa shape index (κ2) is 6.52. The Labute approximate surface area is 142 Å². The molecule has 0 radical (unpaired) electrons. The quantitative estimate of drug-likeness (QED) is 0.793. The van der Waals surface area contributed by atoms with Crippen molar-refractivity contribution in [2.24, 2.45) is 0 Å². The minimum absolute atomic E-state index is 0.0190. The van der Waals surface area contributed by atoms with Crippen LogP contribution in [-0.2, 0) is 4.74 Å². The summed E-state index contributed by atoms with van der Waals surface area (Å²) in [6, 6.07) is 1.34. The number of benzene rings is 1. The van der Waals surface area contributed by atoms with E-state index in [1.807, 2.05) is 13.8 Å². The van der Waals surface area contributed by atoms with E-state index in [0.29, 0.717) is 25.2 Å². The maximum Gasteiger partial charge on any atom is 0.183 e. The number of carbonyl (C=O) groups excluding carboxylic acids is 1. The van der Waals surface area contributed by atoms with Gasteiger partial charge in [0.25, 0.3) is 0 Å². The molecule has 1 aromatic heterocycles. The third kappa shape index (κ3) is 3.03. The first-order valence-electron chi connectivity index (χ1n) is 7.59. The van der Waals surface area contributed by atoms with Crippen molar-refractivity contribution in [3.8, 4) is 10.6 Å². The van der Waals surface area contributed by atoms with Crippen molar-refractivity contribution in [3.05, 3.63) is 29.1 Å². The topological polar surface area (TPSA) is 55.3 Å². The number of hydrogen-bond acceptors (Lipinski definition) is 6. The van der Waals surface area contributed by atoms with Gasteiger partial charge in [0.15, 0.2) is 17.9 Å². The van der Waals surface area contributed by atoms with Crippen molar-refractivity contribution in [1.82, 2.24) is 9.36 Å². The molecule has 0 saturated carbocycles. The highest BCUT2D eigenvalue weighted by Crippen LogP contribution is 2.35. The summed E-state index contributed by atoms with van der Waals surface area (Å²) in [5.41, 5.74) is 0.0332. The Morgan fingerprint density at radius 1 is 1.29 bits per heavy atom. The Hall–Kier alpha value is -1.93. The highest BCUT2D eigenvalue weighted by Gasteiger charge is 2.29. The zero-order chi connectivity index (χ0) is 17.4. The fraction of sp³-hybridized carbons (Fsp3) is 0.438. The summed E-state index contributed by atoms with van der Waals surface area (Å²) in [6.07, 6.45) is 0.266. The number of hydrogen-bond donors (Lipinski definition) is 0. The summed E-state index contributed by atoms with van der Waals surface area (Å²) in [6.45, 7) is 6.16. The average molecular weight is 353 g/mol. The summed E-state index contributed by atoms with van der Waals surface area (Å²) < 4.78 is 39.0. The number of anilines is 1. The molecular formula is C16H17F2N3O2S. The molecule has 0 aliphatic carbocycles. The van der Waals surface area contributed by atoms with Gasteiger partial charge in [-0.1, -0.05) is 0 Å². The van der Waals surface area contributed by atoms with Gasteiger partial charge in [0, 0.05) is 18.7 Å². The fourth-order valence-corrected chi connectivity index (χ4v) is 3.65. The van der Waals surface area contributed by atoms with Crippen LogP contribution in [0.25, 0.3) is 10.6 Å². The molecule has 2 aromatic rings. The Balaban J connectivity index is 2.11. The molecule has 8 heteroatoms. The van der Waals surface area contributed by atoms with Crippen molar-refractivity contribution in [2.75, 3.05) is 18.0 Å². The monoisotopic (exact) mass is 353 g/mol. The molecule has 0 bridgehead atoms. The number of aldehydes is 1. The summed E-state index contributed by atoms with van der Waals surface area (Å²) in [5.74, 6) is -1.58. The molecule has 1 aliphatic rings. The summed E-state index contributed by atoms with van der Waals surface area (Å²) >= 11 is 0.970. The van der Waals surface area contributed by atoms with Crippen LogP contribution in [-0.4, -0.2) is 40.9 Å². The third-order valence-electron chi connectivity index (χ3n) is 3.83. The Kier molecular flexibility index (Phi) is 4.60. The maximum atomic E-state index is 14.8. The standard InChI is InChI=1S/C16H17F2N3O2S/c1-8-5-21(6-9(2)23-8)15-11(7-22)4-12(13(17)14(15)18)16-19-10(3)20-24-16/h4,7-9H,5-6H2,1-3H3. The van der Waals surface area contributed by atoms with Gasteiger partial charge in [-0.15, -0.1) is 0 Å². The van der Waals surface area contributed by atoms with Crippen LogP contribution in [0.15, 0.2) is 6.07 Å². The molecule has 1 aliphatic heterocycles. The summed E-state index contributed by atoms with van der Waals surface area (Å²) in [5, 5.41) is 0.252. The Bertz CT molecular complexity index is 771. The van der Waals surface area contributed by atoms with Gasteiger partial charge >= 0.3 is 0 Å². The number of halogens is 2. The molecule has 128 valence electrons. The van der Waals surface area contributed by atoms with Crippen molar-refractivity contribution in [3.63, 3.8) is 0 Å². The van der Waals surface area contributed by atoms with E-state index in [4.69, 9.17) is 4.74 Å². The van der Waals surface area contributed by atoms with E-state index < -0.39 is 11.6 Å². The lowest BCUT2D eigenvalue weighted by atomic mass is 10.1. The Morgan fingerprint density at radius 2 is 1.96 bits per heavy atom. The van der Waals surface area contributed by atoms with Crippen molar-refractivity contribution < 1.29 is 18.3 Å². The molecule has 1 saturated heterocycles. The SMILES string of the molecule is Cc1nsc(-c2cc(C=O)c(N3CC(C)OC(C)C3)c(F)c2F)n1. The zero-order valence-corrected chi connectivity index (χ0v) is 14.4. The van der Waals surface area contributed by atoms with Crippen LogP contribution in [0.3, 0.4) is 0 Å². The lowest BCUT2D eigenvalue weighted by Gasteiger charge is -2.37. The summed E-state index contributed by atoms with van der Waals surface area (Å²) in [7, 11) is 0. The van der Waals surface area contributed by atoms with Crippen LogP contribution in [0.1, 0.15) is 30.0 Å². The molecule has 0 N–H and O–H groups in total. The molecule has 3 rings (SSSR count). The first kappa shape index (κ1) is 16.9. The van der Waals surface area contributed by atoms with Crippen molar-refractivity contribution >= 4 is 23.5 Å². The molecule has 24 heavy (non-hydrogen) atoms. The largest absolute Gasteiger partial charge is 0.372 e. The molecule has 2 heterocycles. The van der Waals surface area contributed by atoms with Gasteiger partial charge in [-0.25, -0.2) is 13.8 Å². The average Bonchev–Trinajstić information content (AvgIpc) is 2.94. The fourth-order valence-electron chi connectivity index (χ4n) is 2.97.